The number of rotatable bonds is 4. The maximum absolute atomic E-state index is 5.42. The van der Waals surface area contributed by atoms with Gasteiger partial charge in [0.15, 0.2) is 5.82 Å². The predicted molar refractivity (Wildman–Crippen MR) is 114 cm³/mol. The van der Waals surface area contributed by atoms with E-state index in [9.17, 15) is 0 Å². The number of ether oxygens (including phenoxy) is 1. The number of nitrogens with one attached hydrogen (secondary N) is 1. The Balaban J connectivity index is 1.49. The molecule has 0 aromatic carbocycles. The number of hydrogen-bond acceptors (Lipinski definition) is 8. The van der Waals surface area contributed by atoms with E-state index in [2.05, 4.69) is 42.0 Å². The highest BCUT2D eigenvalue weighted by molar-refractivity contribution is 5.90. The fourth-order valence-corrected chi connectivity index (χ4v) is 3.62. The largest absolute Gasteiger partial charge is 0.496 e. The molecule has 0 unspecified atom stereocenters. The van der Waals surface area contributed by atoms with Crippen LogP contribution in [0.15, 0.2) is 43.0 Å². The average Bonchev–Trinajstić information content (AvgIpc) is 3.23. The van der Waals surface area contributed by atoms with Crippen LogP contribution in [0.2, 0.25) is 0 Å². The Kier molecular flexibility index (Phi) is 4.72. The summed E-state index contributed by atoms with van der Waals surface area (Å²) in [5.74, 6) is 2.20. The summed E-state index contributed by atoms with van der Waals surface area (Å²) >= 11 is 0. The van der Waals surface area contributed by atoms with Crippen LogP contribution < -0.4 is 9.64 Å². The van der Waals surface area contributed by atoms with Gasteiger partial charge in [-0.3, -0.25) is 10.1 Å². The first-order chi connectivity index (χ1) is 14.7. The molecule has 4 aromatic rings. The summed E-state index contributed by atoms with van der Waals surface area (Å²) in [5, 5.41) is 7.47. The molecule has 1 saturated heterocycles. The molecule has 0 spiro atoms. The molecule has 5 rings (SSSR count). The lowest BCUT2D eigenvalue weighted by molar-refractivity contribution is 0.312. The number of pyridine rings is 2. The molecule has 0 atom stereocenters. The Morgan fingerprint density at radius 1 is 1.00 bits per heavy atom. The third-order valence-corrected chi connectivity index (χ3v) is 5.39. The number of hydrogen-bond donors (Lipinski definition) is 1. The van der Waals surface area contributed by atoms with Gasteiger partial charge in [-0.05, 0) is 25.2 Å². The lowest BCUT2D eigenvalue weighted by Crippen LogP contribution is -2.44. The summed E-state index contributed by atoms with van der Waals surface area (Å²) in [6.45, 7) is 4.06. The van der Waals surface area contributed by atoms with Crippen LogP contribution in [0.3, 0.4) is 0 Å². The number of methoxy groups -OCH3 is 1. The molecule has 30 heavy (non-hydrogen) atoms. The summed E-state index contributed by atoms with van der Waals surface area (Å²) in [4.78, 5) is 22.7. The van der Waals surface area contributed by atoms with Gasteiger partial charge in [-0.15, -0.1) is 0 Å². The van der Waals surface area contributed by atoms with E-state index in [0.717, 1.165) is 59.9 Å². The summed E-state index contributed by atoms with van der Waals surface area (Å²) in [6, 6.07) is 5.89. The van der Waals surface area contributed by atoms with Crippen molar-refractivity contribution in [3.8, 4) is 28.4 Å². The minimum atomic E-state index is 0.539. The second-order valence-electron chi connectivity index (χ2n) is 7.30. The number of fused-ring (bicyclic) bond motifs is 1. The van der Waals surface area contributed by atoms with Gasteiger partial charge >= 0.3 is 0 Å². The standard InChI is InChI=1S/C21H22N8O/c1-28-7-9-29(10-8-28)18-4-3-14(11-23-18)19-20-16(26-27-19)13-24-21(25-20)15-12-22-6-5-17(15)30-2/h3-6,11-13H,7-10H2,1-2H3,(H,26,27). The number of nitrogens with zero attached hydrogens (tertiary/aromatic N) is 7. The number of piperazine rings is 1. The van der Waals surface area contributed by atoms with Crippen LogP contribution in [0.4, 0.5) is 5.82 Å². The zero-order chi connectivity index (χ0) is 20.5. The van der Waals surface area contributed by atoms with Crippen molar-refractivity contribution in [1.82, 2.24) is 35.0 Å². The highest BCUT2D eigenvalue weighted by Gasteiger charge is 2.17. The molecule has 1 aliphatic rings. The van der Waals surface area contributed by atoms with Gasteiger partial charge in [-0.1, -0.05) is 0 Å². The van der Waals surface area contributed by atoms with Crippen LogP contribution in [0.1, 0.15) is 0 Å². The number of likely N-dealkylation sites (N-methyl/N-ethyl adjacent to an activating group) is 1. The molecule has 4 aromatic heterocycles. The van der Waals surface area contributed by atoms with Crippen molar-refractivity contribution in [2.24, 2.45) is 0 Å². The van der Waals surface area contributed by atoms with Gasteiger partial charge in [0.1, 0.15) is 28.3 Å². The smallest absolute Gasteiger partial charge is 0.165 e. The zero-order valence-corrected chi connectivity index (χ0v) is 16.9. The lowest BCUT2D eigenvalue weighted by Gasteiger charge is -2.33. The number of H-pyrrole nitrogens is 1. The molecule has 0 bridgehead atoms. The third kappa shape index (κ3) is 3.33. The van der Waals surface area contributed by atoms with Crippen molar-refractivity contribution in [3.63, 3.8) is 0 Å². The maximum Gasteiger partial charge on any atom is 0.165 e. The van der Waals surface area contributed by atoms with Gasteiger partial charge < -0.3 is 14.5 Å². The van der Waals surface area contributed by atoms with Crippen molar-refractivity contribution >= 4 is 16.9 Å². The van der Waals surface area contributed by atoms with Crippen molar-refractivity contribution < 1.29 is 4.74 Å². The van der Waals surface area contributed by atoms with Crippen LogP contribution in [-0.4, -0.2) is 75.4 Å². The summed E-state index contributed by atoms with van der Waals surface area (Å²) < 4.78 is 5.42. The molecule has 0 saturated carbocycles. The van der Waals surface area contributed by atoms with Gasteiger partial charge in [-0.25, -0.2) is 15.0 Å². The highest BCUT2D eigenvalue weighted by Crippen LogP contribution is 2.30. The molecule has 152 valence electrons. The fraction of sp³-hybridized carbons (Fsp3) is 0.286. The molecule has 1 aliphatic heterocycles. The van der Waals surface area contributed by atoms with Crippen LogP contribution >= 0.6 is 0 Å². The monoisotopic (exact) mass is 402 g/mol. The zero-order valence-electron chi connectivity index (χ0n) is 16.9. The van der Waals surface area contributed by atoms with Gasteiger partial charge in [0.05, 0.1) is 18.9 Å². The summed E-state index contributed by atoms with van der Waals surface area (Å²) in [5.41, 5.74) is 3.88. The quantitative estimate of drug-likeness (QED) is 0.555. The minimum absolute atomic E-state index is 0.539. The van der Waals surface area contributed by atoms with E-state index in [0.29, 0.717) is 11.6 Å². The van der Waals surface area contributed by atoms with Gasteiger partial charge in [0.2, 0.25) is 0 Å². The molecule has 1 fully saturated rings. The second-order valence-corrected chi connectivity index (χ2v) is 7.30. The van der Waals surface area contributed by atoms with E-state index < -0.39 is 0 Å². The number of aromatic amines is 1. The summed E-state index contributed by atoms with van der Waals surface area (Å²) in [6.07, 6.45) is 6.96. The topological polar surface area (TPSA) is 96.0 Å². The molecule has 9 nitrogen and oxygen atoms in total. The Morgan fingerprint density at radius 3 is 2.63 bits per heavy atom. The van der Waals surface area contributed by atoms with Crippen molar-refractivity contribution in [3.05, 3.63) is 43.0 Å². The first-order valence-electron chi connectivity index (χ1n) is 9.82. The van der Waals surface area contributed by atoms with Crippen molar-refractivity contribution in [1.29, 1.82) is 0 Å². The third-order valence-electron chi connectivity index (χ3n) is 5.39. The van der Waals surface area contributed by atoms with Crippen molar-refractivity contribution in [2.45, 2.75) is 0 Å². The minimum Gasteiger partial charge on any atom is -0.496 e. The fourth-order valence-electron chi connectivity index (χ4n) is 3.62. The van der Waals surface area contributed by atoms with Crippen LogP contribution in [0.25, 0.3) is 33.7 Å². The normalized spacial score (nSPS) is 14.9. The number of anilines is 1. The van der Waals surface area contributed by atoms with Crippen LogP contribution in [-0.2, 0) is 0 Å². The molecule has 0 aliphatic carbocycles. The first kappa shape index (κ1) is 18.4. The molecule has 5 heterocycles. The van der Waals surface area contributed by atoms with Crippen LogP contribution in [0, 0.1) is 0 Å². The number of aromatic nitrogens is 6. The van der Waals surface area contributed by atoms with Gasteiger partial charge in [0, 0.05) is 50.3 Å². The molecule has 0 radical (unpaired) electrons. The Bertz CT molecular complexity index is 1170. The van der Waals surface area contributed by atoms with Crippen LogP contribution in [0.5, 0.6) is 5.75 Å². The van der Waals surface area contributed by atoms with E-state index in [-0.39, 0.29) is 0 Å². The molecule has 0 amide bonds. The SMILES string of the molecule is COc1ccncc1-c1ncc2[nH]nc(-c3ccc(N4CCN(C)CC4)nc3)c2n1. The predicted octanol–water partition coefficient (Wildman–Crippen LogP) is 2.24. The lowest BCUT2D eigenvalue weighted by atomic mass is 10.1. The van der Waals surface area contributed by atoms with E-state index >= 15 is 0 Å². The van der Waals surface area contributed by atoms with E-state index in [1.165, 1.54) is 0 Å². The molecule has 1 N–H and O–H groups in total. The van der Waals surface area contributed by atoms with Gasteiger partial charge in [-0.2, -0.15) is 5.10 Å². The Hall–Kier alpha value is -3.59. The van der Waals surface area contributed by atoms with E-state index in [1.54, 1.807) is 31.8 Å². The second kappa shape index (κ2) is 7.68. The molecular formula is C21H22N8O. The average molecular weight is 402 g/mol. The van der Waals surface area contributed by atoms with E-state index in [1.807, 2.05) is 18.3 Å². The highest BCUT2D eigenvalue weighted by atomic mass is 16.5. The molecular weight excluding hydrogens is 380 g/mol. The van der Waals surface area contributed by atoms with E-state index in [4.69, 9.17) is 9.72 Å². The van der Waals surface area contributed by atoms with Gasteiger partial charge in [0.25, 0.3) is 0 Å². The molecule has 9 heteroatoms. The Labute approximate surface area is 173 Å². The first-order valence-corrected chi connectivity index (χ1v) is 9.82. The maximum atomic E-state index is 5.42. The Morgan fingerprint density at radius 2 is 1.87 bits per heavy atom. The van der Waals surface area contributed by atoms with Crippen molar-refractivity contribution in [2.75, 3.05) is 45.2 Å². The summed E-state index contributed by atoms with van der Waals surface area (Å²) in [7, 11) is 3.77.